The topological polar surface area (TPSA) is 50.8 Å². The number of hydrogen-bond acceptors (Lipinski definition) is 5. The Labute approximate surface area is 126 Å². The van der Waals surface area contributed by atoms with Gasteiger partial charge in [0.25, 0.3) is 0 Å². The summed E-state index contributed by atoms with van der Waals surface area (Å²) in [4.78, 5) is 14.1. The monoisotopic (exact) mass is 292 g/mol. The van der Waals surface area contributed by atoms with E-state index in [0.29, 0.717) is 13.2 Å². The Morgan fingerprint density at radius 2 is 2.29 bits per heavy atom. The van der Waals surface area contributed by atoms with Crippen molar-refractivity contribution in [3.63, 3.8) is 0 Å². The fourth-order valence-corrected chi connectivity index (χ4v) is 2.48. The van der Waals surface area contributed by atoms with Crippen molar-refractivity contribution < 1.29 is 14.3 Å². The molecule has 2 rings (SSSR count). The van der Waals surface area contributed by atoms with Gasteiger partial charge >= 0.3 is 5.97 Å². The van der Waals surface area contributed by atoms with Crippen molar-refractivity contribution in [1.82, 2.24) is 10.2 Å². The van der Waals surface area contributed by atoms with Gasteiger partial charge in [-0.3, -0.25) is 9.69 Å². The van der Waals surface area contributed by atoms with E-state index in [2.05, 4.69) is 23.2 Å². The maximum atomic E-state index is 11.9. The van der Waals surface area contributed by atoms with E-state index in [9.17, 15) is 4.79 Å². The summed E-state index contributed by atoms with van der Waals surface area (Å²) in [6, 6.07) is 7.76. The average molecular weight is 292 g/mol. The third-order valence-electron chi connectivity index (χ3n) is 3.60. The van der Waals surface area contributed by atoms with Crippen molar-refractivity contribution in [3.05, 3.63) is 29.8 Å². The number of carbonyl (C=O) groups is 1. The summed E-state index contributed by atoms with van der Waals surface area (Å²) < 4.78 is 10.6. The Balaban J connectivity index is 2.01. The minimum Gasteiger partial charge on any atom is -0.492 e. The van der Waals surface area contributed by atoms with Crippen LogP contribution in [0.3, 0.4) is 0 Å². The molecule has 5 nitrogen and oxygen atoms in total. The molecule has 0 bridgehead atoms. The van der Waals surface area contributed by atoms with Gasteiger partial charge in [0.1, 0.15) is 18.4 Å². The van der Waals surface area contributed by atoms with Crippen molar-refractivity contribution in [2.75, 3.05) is 33.4 Å². The second kappa shape index (κ2) is 8.00. The second-order valence-corrected chi connectivity index (χ2v) is 5.22. The number of methoxy groups -OCH3 is 1. The molecule has 1 atom stereocenters. The molecule has 0 fully saturated rings. The molecule has 0 aliphatic carbocycles. The highest BCUT2D eigenvalue weighted by atomic mass is 16.5. The van der Waals surface area contributed by atoms with E-state index in [1.54, 1.807) is 0 Å². The van der Waals surface area contributed by atoms with E-state index in [0.717, 1.165) is 37.4 Å². The number of esters is 1. The lowest BCUT2D eigenvalue weighted by molar-refractivity contribution is -0.143. The SMILES string of the molecule is CCCNC(CN1CCOc2ccccc2C1)C(=O)OC. The minimum absolute atomic E-state index is 0.207. The van der Waals surface area contributed by atoms with Crippen molar-refractivity contribution in [3.8, 4) is 5.75 Å². The van der Waals surface area contributed by atoms with E-state index in [4.69, 9.17) is 9.47 Å². The number of fused-ring (bicyclic) bond motifs is 1. The third-order valence-corrected chi connectivity index (χ3v) is 3.60. The molecule has 0 aromatic heterocycles. The molecule has 5 heteroatoms. The standard InChI is InChI=1S/C16H24N2O3/c1-3-8-17-14(16(19)20-2)12-18-9-10-21-15-7-5-4-6-13(15)11-18/h4-7,14,17H,3,8-12H2,1-2H3. The summed E-state index contributed by atoms with van der Waals surface area (Å²) in [5.74, 6) is 0.734. The molecule has 1 unspecified atom stereocenters. The molecular formula is C16H24N2O3. The van der Waals surface area contributed by atoms with Crippen molar-refractivity contribution in [2.45, 2.75) is 25.9 Å². The van der Waals surface area contributed by atoms with Crippen molar-refractivity contribution in [1.29, 1.82) is 0 Å². The molecule has 1 aliphatic heterocycles. The molecule has 1 N–H and O–H groups in total. The third kappa shape index (κ3) is 4.44. The maximum absolute atomic E-state index is 11.9. The number of ether oxygens (including phenoxy) is 2. The van der Waals surface area contributed by atoms with Crippen LogP contribution >= 0.6 is 0 Å². The van der Waals surface area contributed by atoms with Crippen LogP contribution in [-0.4, -0.2) is 50.3 Å². The van der Waals surface area contributed by atoms with Gasteiger partial charge in [-0.1, -0.05) is 25.1 Å². The van der Waals surface area contributed by atoms with E-state index in [1.165, 1.54) is 7.11 Å². The van der Waals surface area contributed by atoms with Gasteiger partial charge in [0.15, 0.2) is 0 Å². The van der Waals surface area contributed by atoms with Crippen LogP contribution in [0.2, 0.25) is 0 Å². The van der Waals surface area contributed by atoms with Crippen LogP contribution in [-0.2, 0) is 16.1 Å². The lowest BCUT2D eigenvalue weighted by Crippen LogP contribution is -2.47. The molecule has 0 radical (unpaired) electrons. The predicted molar refractivity (Wildman–Crippen MR) is 81.3 cm³/mol. The van der Waals surface area contributed by atoms with E-state index in [-0.39, 0.29) is 12.0 Å². The van der Waals surface area contributed by atoms with E-state index >= 15 is 0 Å². The van der Waals surface area contributed by atoms with Gasteiger partial charge in [-0.25, -0.2) is 0 Å². The summed E-state index contributed by atoms with van der Waals surface area (Å²) in [6.07, 6.45) is 0.986. The van der Waals surface area contributed by atoms with Gasteiger partial charge in [0.05, 0.1) is 7.11 Å². The zero-order valence-corrected chi connectivity index (χ0v) is 12.8. The molecular weight excluding hydrogens is 268 g/mol. The smallest absolute Gasteiger partial charge is 0.324 e. The highest BCUT2D eigenvalue weighted by molar-refractivity contribution is 5.75. The molecule has 116 valence electrons. The molecule has 1 aliphatic rings. The number of hydrogen-bond donors (Lipinski definition) is 1. The number of benzene rings is 1. The molecule has 0 spiro atoms. The van der Waals surface area contributed by atoms with E-state index in [1.807, 2.05) is 18.2 Å². The summed E-state index contributed by atoms with van der Waals surface area (Å²) >= 11 is 0. The number of carbonyl (C=O) groups excluding carboxylic acids is 1. The van der Waals surface area contributed by atoms with Gasteiger partial charge < -0.3 is 14.8 Å². The molecule has 1 heterocycles. The first-order valence-electron chi connectivity index (χ1n) is 7.49. The predicted octanol–water partition coefficient (Wildman–Crippen LogP) is 1.42. The van der Waals surface area contributed by atoms with Crippen LogP contribution in [0.4, 0.5) is 0 Å². The van der Waals surface area contributed by atoms with E-state index < -0.39 is 0 Å². The summed E-state index contributed by atoms with van der Waals surface area (Å²) in [5.41, 5.74) is 1.16. The summed E-state index contributed by atoms with van der Waals surface area (Å²) in [7, 11) is 1.43. The number of para-hydroxylation sites is 1. The number of nitrogens with one attached hydrogen (secondary N) is 1. The Bertz CT molecular complexity index is 465. The molecule has 1 aromatic carbocycles. The van der Waals surface area contributed by atoms with Gasteiger partial charge in [-0.05, 0) is 19.0 Å². The van der Waals surface area contributed by atoms with Gasteiger partial charge in [-0.15, -0.1) is 0 Å². The Kier molecular flexibility index (Phi) is 6.02. The second-order valence-electron chi connectivity index (χ2n) is 5.22. The number of rotatable bonds is 6. The first-order valence-corrected chi connectivity index (χ1v) is 7.49. The fraction of sp³-hybridized carbons (Fsp3) is 0.562. The van der Waals surface area contributed by atoms with Gasteiger partial charge in [0, 0.05) is 25.2 Å². The fourth-order valence-electron chi connectivity index (χ4n) is 2.48. The van der Waals surface area contributed by atoms with Crippen LogP contribution < -0.4 is 10.1 Å². The molecule has 21 heavy (non-hydrogen) atoms. The largest absolute Gasteiger partial charge is 0.492 e. The van der Waals surface area contributed by atoms with Crippen LogP contribution in [0, 0.1) is 0 Å². The Morgan fingerprint density at radius 1 is 1.48 bits per heavy atom. The highest BCUT2D eigenvalue weighted by Crippen LogP contribution is 2.22. The first kappa shape index (κ1) is 15.8. The van der Waals surface area contributed by atoms with Gasteiger partial charge in [-0.2, -0.15) is 0 Å². The Morgan fingerprint density at radius 3 is 3.05 bits per heavy atom. The van der Waals surface area contributed by atoms with Crippen LogP contribution in [0.1, 0.15) is 18.9 Å². The molecule has 0 saturated carbocycles. The first-order chi connectivity index (χ1) is 10.2. The van der Waals surface area contributed by atoms with Crippen LogP contribution in [0.25, 0.3) is 0 Å². The zero-order valence-electron chi connectivity index (χ0n) is 12.8. The molecule has 1 aromatic rings. The Hall–Kier alpha value is -1.59. The van der Waals surface area contributed by atoms with Crippen molar-refractivity contribution >= 4 is 5.97 Å². The normalized spacial score (nSPS) is 16.5. The van der Waals surface area contributed by atoms with Crippen LogP contribution in [0.15, 0.2) is 24.3 Å². The lowest BCUT2D eigenvalue weighted by atomic mass is 10.1. The molecule has 0 amide bonds. The van der Waals surface area contributed by atoms with Crippen LogP contribution in [0.5, 0.6) is 5.75 Å². The number of nitrogens with zero attached hydrogens (tertiary/aromatic N) is 1. The minimum atomic E-state index is -0.291. The average Bonchev–Trinajstić information content (AvgIpc) is 2.72. The van der Waals surface area contributed by atoms with Crippen molar-refractivity contribution in [2.24, 2.45) is 0 Å². The zero-order chi connectivity index (χ0) is 15.1. The summed E-state index contributed by atoms with van der Waals surface area (Å²) in [5, 5.41) is 3.25. The van der Waals surface area contributed by atoms with Gasteiger partial charge in [0.2, 0.25) is 0 Å². The highest BCUT2D eigenvalue weighted by Gasteiger charge is 2.23. The maximum Gasteiger partial charge on any atom is 0.324 e. The summed E-state index contributed by atoms with van der Waals surface area (Å²) in [6.45, 7) is 5.74. The quantitative estimate of drug-likeness (QED) is 0.804. The lowest BCUT2D eigenvalue weighted by Gasteiger charge is -2.25. The molecule has 0 saturated heterocycles.